The summed E-state index contributed by atoms with van der Waals surface area (Å²) >= 11 is 1.62. The number of benzene rings is 1. The number of amides is 2. The maximum atomic E-state index is 13.0. The van der Waals surface area contributed by atoms with E-state index in [4.69, 9.17) is 5.10 Å². The van der Waals surface area contributed by atoms with Crippen LogP contribution in [-0.4, -0.2) is 58.1 Å². The number of aryl methyl sites for hydroxylation is 1. The highest BCUT2D eigenvalue weighted by Crippen LogP contribution is 2.30. The van der Waals surface area contributed by atoms with E-state index in [-0.39, 0.29) is 18.4 Å². The Labute approximate surface area is 186 Å². The summed E-state index contributed by atoms with van der Waals surface area (Å²) in [7, 11) is 1.81. The minimum atomic E-state index is -0.537. The Morgan fingerprint density at radius 1 is 1.26 bits per heavy atom. The van der Waals surface area contributed by atoms with Gasteiger partial charge in [0.15, 0.2) is 0 Å². The Morgan fingerprint density at radius 3 is 2.74 bits per heavy atom. The predicted octanol–water partition coefficient (Wildman–Crippen LogP) is 2.68. The Morgan fingerprint density at radius 2 is 2.03 bits per heavy atom. The minimum Gasteiger partial charge on any atom is -0.353 e. The van der Waals surface area contributed by atoms with Crippen LogP contribution >= 0.6 is 11.3 Å². The molecule has 3 aromatic rings. The summed E-state index contributed by atoms with van der Waals surface area (Å²) < 4.78 is 1.87. The lowest BCUT2D eigenvalue weighted by atomic mass is 10.00. The molecule has 2 aromatic heterocycles. The van der Waals surface area contributed by atoms with Crippen molar-refractivity contribution >= 4 is 23.2 Å². The zero-order chi connectivity index (χ0) is 22.0. The molecule has 31 heavy (non-hydrogen) atoms. The number of aromatic nitrogens is 2. The van der Waals surface area contributed by atoms with Gasteiger partial charge in [-0.05, 0) is 48.4 Å². The first kappa shape index (κ1) is 21.3. The highest BCUT2D eigenvalue weighted by Gasteiger charge is 2.36. The van der Waals surface area contributed by atoms with Gasteiger partial charge in [0.25, 0.3) is 0 Å². The number of hydrogen-bond acceptors (Lipinski definition) is 5. The molecule has 1 atom stereocenters. The van der Waals surface area contributed by atoms with Crippen LogP contribution in [0.1, 0.15) is 28.6 Å². The van der Waals surface area contributed by atoms with E-state index >= 15 is 0 Å². The number of thiophene rings is 1. The molecule has 0 spiro atoms. The molecule has 1 saturated heterocycles. The van der Waals surface area contributed by atoms with Gasteiger partial charge in [0.2, 0.25) is 11.8 Å². The number of nitrogens with zero attached hydrogens (tertiary/aromatic N) is 4. The molecule has 162 valence electrons. The van der Waals surface area contributed by atoms with E-state index in [9.17, 15) is 9.59 Å². The highest BCUT2D eigenvalue weighted by molar-refractivity contribution is 7.07. The van der Waals surface area contributed by atoms with Crippen molar-refractivity contribution in [2.24, 2.45) is 0 Å². The van der Waals surface area contributed by atoms with Crippen LogP contribution in [0.5, 0.6) is 0 Å². The lowest BCUT2D eigenvalue weighted by Gasteiger charge is -2.35. The van der Waals surface area contributed by atoms with Gasteiger partial charge in [-0.25, -0.2) is 4.68 Å². The minimum absolute atomic E-state index is 0.00310. The van der Waals surface area contributed by atoms with E-state index in [1.54, 1.807) is 16.2 Å². The molecule has 3 heterocycles. The van der Waals surface area contributed by atoms with Crippen LogP contribution in [-0.2, 0) is 16.1 Å². The molecule has 0 bridgehead atoms. The van der Waals surface area contributed by atoms with Gasteiger partial charge >= 0.3 is 0 Å². The summed E-state index contributed by atoms with van der Waals surface area (Å²) in [6.07, 6.45) is 0. The fraction of sp³-hybridized carbons (Fsp3) is 0.348. The molecule has 4 rings (SSSR count). The van der Waals surface area contributed by atoms with Gasteiger partial charge in [-0.2, -0.15) is 16.4 Å². The van der Waals surface area contributed by atoms with Gasteiger partial charge in [0, 0.05) is 37.9 Å². The molecule has 1 aliphatic rings. The fourth-order valence-corrected chi connectivity index (χ4v) is 4.77. The van der Waals surface area contributed by atoms with E-state index in [0.717, 1.165) is 28.2 Å². The average Bonchev–Trinajstić information content (AvgIpc) is 3.37. The van der Waals surface area contributed by atoms with Crippen molar-refractivity contribution in [1.29, 1.82) is 0 Å². The summed E-state index contributed by atoms with van der Waals surface area (Å²) in [5, 5.41) is 11.7. The Bertz CT molecular complexity index is 1060. The number of carbonyl (C=O) groups excluding carboxylic acids is 2. The number of nitrogens with one attached hydrogen (secondary N) is 1. The standard InChI is InChI=1S/C23H27N5O2S/c1-16-21(17(2)28(25-16)19-7-5-4-6-8-19)22-23(30)24-10-11-27(22)14-20(29)26(3)13-18-9-12-31-15-18/h4-9,12,15,22H,10-11,13-14H2,1-3H3,(H,24,30). The molecule has 1 aliphatic heterocycles. The Hall–Kier alpha value is -2.97. The summed E-state index contributed by atoms with van der Waals surface area (Å²) in [5.74, 6) is -0.0880. The smallest absolute Gasteiger partial charge is 0.242 e. The molecule has 1 aromatic carbocycles. The first-order valence-electron chi connectivity index (χ1n) is 10.3. The first-order valence-corrected chi connectivity index (χ1v) is 11.3. The summed E-state index contributed by atoms with van der Waals surface area (Å²) in [6.45, 7) is 5.80. The molecule has 0 saturated carbocycles. The second-order valence-corrected chi connectivity index (χ2v) is 8.66. The van der Waals surface area contributed by atoms with Crippen molar-refractivity contribution in [1.82, 2.24) is 24.9 Å². The van der Waals surface area contributed by atoms with E-state index in [1.165, 1.54) is 0 Å². The van der Waals surface area contributed by atoms with Crippen molar-refractivity contribution in [2.75, 3.05) is 26.7 Å². The maximum absolute atomic E-state index is 13.0. The van der Waals surface area contributed by atoms with E-state index < -0.39 is 6.04 Å². The van der Waals surface area contributed by atoms with Crippen molar-refractivity contribution in [3.8, 4) is 5.69 Å². The third kappa shape index (κ3) is 4.40. The van der Waals surface area contributed by atoms with Gasteiger partial charge in [0.05, 0.1) is 17.9 Å². The van der Waals surface area contributed by atoms with E-state index in [0.29, 0.717) is 19.6 Å². The molecule has 1 fully saturated rings. The van der Waals surface area contributed by atoms with Gasteiger partial charge in [0.1, 0.15) is 6.04 Å². The van der Waals surface area contributed by atoms with Gasteiger partial charge < -0.3 is 10.2 Å². The third-order valence-electron chi connectivity index (χ3n) is 5.70. The van der Waals surface area contributed by atoms with Crippen LogP contribution in [0.2, 0.25) is 0 Å². The quantitative estimate of drug-likeness (QED) is 0.644. The van der Waals surface area contributed by atoms with Gasteiger partial charge in [-0.15, -0.1) is 0 Å². The average molecular weight is 438 g/mol. The Balaban J connectivity index is 1.59. The molecule has 0 aliphatic carbocycles. The van der Waals surface area contributed by atoms with E-state index in [2.05, 4.69) is 5.32 Å². The molecular weight excluding hydrogens is 410 g/mol. The Kier molecular flexibility index (Phi) is 6.20. The SMILES string of the molecule is Cc1nn(-c2ccccc2)c(C)c1C1C(=O)NCCN1CC(=O)N(C)Cc1ccsc1. The van der Waals surface area contributed by atoms with E-state index in [1.807, 2.05) is 77.6 Å². The number of rotatable bonds is 6. The van der Waals surface area contributed by atoms with Gasteiger partial charge in [-0.1, -0.05) is 18.2 Å². The number of hydrogen-bond donors (Lipinski definition) is 1. The number of piperazine rings is 1. The lowest BCUT2D eigenvalue weighted by Crippen LogP contribution is -2.53. The third-order valence-corrected chi connectivity index (χ3v) is 6.43. The number of likely N-dealkylation sites (N-methyl/N-ethyl adjacent to an activating group) is 1. The van der Waals surface area contributed by atoms with Crippen LogP contribution in [0.3, 0.4) is 0 Å². The number of para-hydroxylation sites is 1. The lowest BCUT2D eigenvalue weighted by molar-refractivity contribution is -0.136. The predicted molar refractivity (Wildman–Crippen MR) is 121 cm³/mol. The van der Waals surface area contributed by atoms with Crippen molar-refractivity contribution in [3.05, 3.63) is 69.7 Å². The van der Waals surface area contributed by atoms with Crippen molar-refractivity contribution in [2.45, 2.75) is 26.4 Å². The van der Waals surface area contributed by atoms with Crippen LogP contribution in [0.4, 0.5) is 0 Å². The molecule has 8 heteroatoms. The fourth-order valence-electron chi connectivity index (χ4n) is 4.11. The summed E-state index contributed by atoms with van der Waals surface area (Å²) in [4.78, 5) is 29.6. The van der Waals surface area contributed by atoms with Crippen molar-refractivity contribution in [3.63, 3.8) is 0 Å². The first-order chi connectivity index (χ1) is 15.0. The topological polar surface area (TPSA) is 70.5 Å². The zero-order valence-corrected chi connectivity index (χ0v) is 18.9. The van der Waals surface area contributed by atoms with Crippen LogP contribution in [0, 0.1) is 13.8 Å². The number of carbonyl (C=O) groups is 2. The second-order valence-electron chi connectivity index (χ2n) is 7.88. The summed E-state index contributed by atoms with van der Waals surface area (Å²) in [5.41, 5.74) is 4.64. The highest BCUT2D eigenvalue weighted by atomic mass is 32.1. The largest absolute Gasteiger partial charge is 0.353 e. The molecule has 1 N–H and O–H groups in total. The monoisotopic (exact) mass is 437 g/mol. The zero-order valence-electron chi connectivity index (χ0n) is 18.0. The van der Waals surface area contributed by atoms with Crippen LogP contribution in [0.15, 0.2) is 47.2 Å². The normalized spacial score (nSPS) is 16.9. The molecular formula is C23H27N5O2S. The molecule has 2 amide bonds. The second kappa shape index (κ2) is 9.03. The molecule has 1 unspecified atom stereocenters. The molecule has 0 radical (unpaired) electrons. The maximum Gasteiger partial charge on any atom is 0.242 e. The summed E-state index contributed by atoms with van der Waals surface area (Å²) in [6, 6.07) is 11.4. The van der Waals surface area contributed by atoms with Gasteiger partial charge in [-0.3, -0.25) is 14.5 Å². The van der Waals surface area contributed by atoms with Crippen molar-refractivity contribution < 1.29 is 9.59 Å². The van der Waals surface area contributed by atoms with Crippen LogP contribution in [0.25, 0.3) is 5.69 Å². The molecule has 7 nitrogen and oxygen atoms in total. The van der Waals surface area contributed by atoms with Crippen LogP contribution < -0.4 is 5.32 Å².